The number of hydrogen-bond donors (Lipinski definition) is 1. The first-order valence-corrected chi connectivity index (χ1v) is 8.29. The molecule has 1 aromatic heterocycles. The van der Waals surface area contributed by atoms with E-state index in [0.717, 1.165) is 22.3 Å². The topological polar surface area (TPSA) is 12.0 Å². The van der Waals surface area contributed by atoms with E-state index in [1.54, 1.807) is 11.3 Å². The molecule has 1 aromatic carbocycles. The third-order valence-electron chi connectivity index (χ3n) is 3.96. The normalized spacial score (nSPS) is 20.1. The number of hydrogen-bond acceptors (Lipinski definition) is 2. The second kappa shape index (κ2) is 5.34. The summed E-state index contributed by atoms with van der Waals surface area (Å²) >= 11 is 13.8. The average Bonchev–Trinajstić information content (AvgIpc) is 2.87. The van der Waals surface area contributed by atoms with E-state index in [9.17, 15) is 0 Å². The van der Waals surface area contributed by atoms with E-state index in [1.165, 1.54) is 16.0 Å². The maximum atomic E-state index is 6.16. The van der Waals surface area contributed by atoms with Crippen LogP contribution in [0.15, 0.2) is 30.3 Å². The largest absolute Gasteiger partial charge is 0.305 e. The van der Waals surface area contributed by atoms with Gasteiger partial charge in [0.1, 0.15) is 0 Å². The molecule has 1 N–H and O–H groups in total. The van der Waals surface area contributed by atoms with Crippen LogP contribution < -0.4 is 5.32 Å². The Morgan fingerprint density at radius 1 is 1.25 bits per heavy atom. The summed E-state index contributed by atoms with van der Waals surface area (Å²) in [7, 11) is 0. The molecule has 1 aliphatic carbocycles. The highest BCUT2D eigenvalue weighted by atomic mass is 35.5. The molecule has 0 saturated carbocycles. The zero-order valence-electron chi connectivity index (χ0n) is 11.5. The Balaban J connectivity index is 1.83. The maximum Gasteiger partial charge on any atom is 0.0931 e. The van der Waals surface area contributed by atoms with Crippen molar-refractivity contribution in [2.75, 3.05) is 0 Å². The smallest absolute Gasteiger partial charge is 0.0931 e. The summed E-state index contributed by atoms with van der Waals surface area (Å²) in [5.74, 6) is 0. The summed E-state index contributed by atoms with van der Waals surface area (Å²) in [6.45, 7) is 5.46. The van der Waals surface area contributed by atoms with Crippen LogP contribution in [0.2, 0.25) is 9.36 Å². The van der Waals surface area contributed by atoms with Crippen molar-refractivity contribution in [3.8, 4) is 0 Å². The monoisotopic (exact) mass is 325 g/mol. The minimum atomic E-state index is 0.202. The zero-order chi connectivity index (χ0) is 14.3. The summed E-state index contributed by atoms with van der Waals surface area (Å²) in [6, 6.07) is 10.6. The maximum absolute atomic E-state index is 6.16. The third-order valence-corrected chi connectivity index (χ3v) is 5.42. The van der Waals surface area contributed by atoms with Gasteiger partial charge < -0.3 is 5.32 Å². The number of nitrogens with one attached hydrogen (secondary N) is 1. The Bertz CT molecular complexity index is 633. The van der Waals surface area contributed by atoms with Crippen LogP contribution in [0.1, 0.15) is 35.9 Å². The number of rotatable bonds is 3. The summed E-state index contributed by atoms with van der Waals surface area (Å²) in [6.07, 6.45) is 1.09. The summed E-state index contributed by atoms with van der Waals surface area (Å²) in [5.41, 5.74) is 2.94. The van der Waals surface area contributed by atoms with Crippen molar-refractivity contribution in [3.05, 3.63) is 55.7 Å². The van der Waals surface area contributed by atoms with E-state index in [-0.39, 0.29) is 5.41 Å². The summed E-state index contributed by atoms with van der Waals surface area (Å²) < 4.78 is 0.843. The van der Waals surface area contributed by atoms with Gasteiger partial charge >= 0.3 is 0 Å². The standard InChI is InChI=1S/C16H17Cl2NS/c1-16(2)8-10-3-4-11(17)7-13(10)15(16)19-9-12-5-6-14(18)20-12/h3-7,15,19H,8-9H2,1-2H3. The highest BCUT2D eigenvalue weighted by Crippen LogP contribution is 2.46. The van der Waals surface area contributed by atoms with E-state index < -0.39 is 0 Å². The lowest BCUT2D eigenvalue weighted by Crippen LogP contribution is -2.30. The lowest BCUT2D eigenvalue weighted by Gasteiger charge is -2.28. The van der Waals surface area contributed by atoms with Crippen molar-refractivity contribution < 1.29 is 0 Å². The Kier molecular flexibility index (Phi) is 3.85. The van der Waals surface area contributed by atoms with Gasteiger partial charge in [-0.3, -0.25) is 0 Å². The van der Waals surface area contributed by atoms with Crippen LogP contribution in [0.3, 0.4) is 0 Å². The van der Waals surface area contributed by atoms with Gasteiger partial charge in [0.15, 0.2) is 0 Å². The van der Waals surface area contributed by atoms with Crippen molar-refractivity contribution in [3.63, 3.8) is 0 Å². The predicted octanol–water partition coefficient (Wildman–Crippen LogP) is 5.47. The molecule has 0 amide bonds. The lowest BCUT2D eigenvalue weighted by molar-refractivity contribution is 0.268. The second-order valence-electron chi connectivity index (χ2n) is 6.03. The highest BCUT2D eigenvalue weighted by Gasteiger charge is 2.38. The van der Waals surface area contributed by atoms with Gasteiger partial charge in [0.05, 0.1) is 4.34 Å². The zero-order valence-corrected chi connectivity index (χ0v) is 13.9. The van der Waals surface area contributed by atoms with E-state index in [1.807, 2.05) is 12.1 Å². The molecule has 0 aliphatic heterocycles. The number of thiophene rings is 1. The van der Waals surface area contributed by atoms with E-state index in [4.69, 9.17) is 23.2 Å². The molecule has 1 nitrogen and oxygen atoms in total. The first kappa shape index (κ1) is 14.4. The molecule has 1 heterocycles. The number of fused-ring (bicyclic) bond motifs is 1. The second-order valence-corrected chi connectivity index (χ2v) is 8.26. The van der Waals surface area contributed by atoms with E-state index >= 15 is 0 Å². The predicted molar refractivity (Wildman–Crippen MR) is 87.8 cm³/mol. The molecular formula is C16H17Cl2NS. The van der Waals surface area contributed by atoms with E-state index in [0.29, 0.717) is 6.04 Å². The third kappa shape index (κ3) is 2.75. The van der Waals surface area contributed by atoms with Crippen molar-refractivity contribution in [2.45, 2.75) is 32.9 Å². The SMILES string of the molecule is CC1(C)Cc2ccc(Cl)cc2C1NCc1ccc(Cl)s1. The minimum Gasteiger partial charge on any atom is -0.305 e. The van der Waals surface area contributed by atoms with Gasteiger partial charge in [-0.2, -0.15) is 0 Å². The Hall–Kier alpha value is -0.540. The molecule has 1 atom stereocenters. The van der Waals surface area contributed by atoms with Crippen molar-refractivity contribution >= 4 is 34.5 Å². The van der Waals surface area contributed by atoms with Gasteiger partial charge in [-0.15, -0.1) is 11.3 Å². The molecule has 1 unspecified atom stereocenters. The molecule has 4 heteroatoms. The molecule has 1 aliphatic rings. The van der Waals surface area contributed by atoms with Crippen LogP contribution in [-0.4, -0.2) is 0 Å². The molecule has 20 heavy (non-hydrogen) atoms. The Morgan fingerprint density at radius 2 is 2.05 bits per heavy atom. The molecule has 0 radical (unpaired) electrons. The van der Waals surface area contributed by atoms with Gasteiger partial charge in [-0.1, -0.05) is 43.1 Å². The average molecular weight is 326 g/mol. The minimum absolute atomic E-state index is 0.202. The van der Waals surface area contributed by atoms with Crippen molar-refractivity contribution in [1.82, 2.24) is 5.32 Å². The summed E-state index contributed by atoms with van der Waals surface area (Å²) in [4.78, 5) is 1.27. The Labute approximate surface area is 133 Å². The fourth-order valence-corrected chi connectivity index (χ4v) is 4.26. The lowest BCUT2D eigenvalue weighted by atomic mass is 9.85. The van der Waals surface area contributed by atoms with Gasteiger partial charge in [-0.05, 0) is 47.2 Å². The number of halogens is 2. The van der Waals surface area contributed by atoms with Crippen LogP contribution in [0, 0.1) is 5.41 Å². The van der Waals surface area contributed by atoms with Crippen molar-refractivity contribution in [2.24, 2.45) is 5.41 Å². The van der Waals surface area contributed by atoms with Gasteiger partial charge in [0, 0.05) is 22.5 Å². The molecule has 0 bridgehead atoms. The van der Waals surface area contributed by atoms with Gasteiger partial charge in [-0.25, -0.2) is 0 Å². The molecule has 0 saturated heterocycles. The van der Waals surface area contributed by atoms with Crippen LogP contribution in [-0.2, 0) is 13.0 Å². The molecule has 2 aromatic rings. The molecule has 0 spiro atoms. The first-order valence-electron chi connectivity index (χ1n) is 6.72. The Morgan fingerprint density at radius 3 is 2.75 bits per heavy atom. The van der Waals surface area contributed by atoms with Crippen molar-refractivity contribution in [1.29, 1.82) is 0 Å². The quantitative estimate of drug-likeness (QED) is 0.789. The van der Waals surface area contributed by atoms with Gasteiger partial charge in [0.25, 0.3) is 0 Å². The highest BCUT2D eigenvalue weighted by molar-refractivity contribution is 7.16. The van der Waals surface area contributed by atoms with Crippen LogP contribution in [0.25, 0.3) is 0 Å². The van der Waals surface area contributed by atoms with Crippen LogP contribution in [0.4, 0.5) is 0 Å². The van der Waals surface area contributed by atoms with Crippen LogP contribution in [0.5, 0.6) is 0 Å². The summed E-state index contributed by atoms with van der Waals surface area (Å²) in [5, 5.41) is 4.49. The molecule has 106 valence electrons. The first-order chi connectivity index (χ1) is 9.45. The molecule has 0 fully saturated rings. The fourth-order valence-electron chi connectivity index (χ4n) is 3.05. The number of benzene rings is 1. The fraction of sp³-hybridized carbons (Fsp3) is 0.375. The molecular weight excluding hydrogens is 309 g/mol. The van der Waals surface area contributed by atoms with Gasteiger partial charge in [0.2, 0.25) is 0 Å². The van der Waals surface area contributed by atoms with E-state index in [2.05, 4.69) is 37.4 Å². The van der Waals surface area contributed by atoms with Crippen LogP contribution >= 0.6 is 34.5 Å². The molecule has 3 rings (SSSR count).